The van der Waals surface area contributed by atoms with Gasteiger partial charge in [-0.15, -0.1) is 0 Å². The van der Waals surface area contributed by atoms with E-state index in [1.54, 1.807) is 0 Å². The molecule has 1 aliphatic rings. The van der Waals surface area contributed by atoms with Crippen molar-refractivity contribution in [3.8, 4) is 11.4 Å². The van der Waals surface area contributed by atoms with E-state index in [-0.39, 0.29) is 12.0 Å². The molecule has 2 N–H and O–H groups in total. The van der Waals surface area contributed by atoms with Crippen LogP contribution >= 0.6 is 11.6 Å². The Morgan fingerprint density at radius 2 is 1.60 bits per heavy atom. The highest BCUT2D eigenvalue weighted by molar-refractivity contribution is 6.29. The molecule has 0 spiro atoms. The number of anilines is 1. The summed E-state index contributed by atoms with van der Waals surface area (Å²) in [7, 11) is 0. The van der Waals surface area contributed by atoms with Gasteiger partial charge in [0.05, 0.1) is 0 Å². The monoisotopic (exact) mass is 350 g/mol. The summed E-state index contributed by atoms with van der Waals surface area (Å²) in [6.45, 7) is 1.58. The molecule has 0 unspecified atom stereocenters. The number of rotatable bonds is 3. The van der Waals surface area contributed by atoms with Crippen LogP contribution in [0.3, 0.4) is 0 Å². The van der Waals surface area contributed by atoms with Crippen molar-refractivity contribution in [3.05, 3.63) is 77.4 Å². The van der Waals surface area contributed by atoms with Gasteiger partial charge in [0, 0.05) is 36.7 Å². The summed E-state index contributed by atoms with van der Waals surface area (Å²) in [6, 6.07) is 22.2. The quantitative estimate of drug-likeness (QED) is 0.731. The zero-order valence-electron chi connectivity index (χ0n) is 13.7. The molecule has 0 aliphatic carbocycles. The summed E-state index contributed by atoms with van der Waals surface area (Å²) in [4.78, 5) is 11.3. The van der Waals surface area contributed by atoms with Crippen LogP contribution in [0.25, 0.3) is 11.4 Å². The van der Waals surface area contributed by atoms with E-state index in [2.05, 4.69) is 34.1 Å². The van der Waals surface area contributed by atoms with Crippen molar-refractivity contribution in [1.29, 1.82) is 0 Å². The predicted molar refractivity (Wildman–Crippen MR) is 102 cm³/mol. The first-order chi connectivity index (χ1) is 12.2. The molecule has 1 aliphatic heterocycles. The average molecular weight is 351 g/mol. The average Bonchev–Trinajstić information content (AvgIpc) is 3.04. The second-order valence-corrected chi connectivity index (χ2v) is 6.71. The van der Waals surface area contributed by atoms with Gasteiger partial charge < -0.3 is 10.6 Å². The molecule has 5 heteroatoms. The lowest BCUT2D eigenvalue weighted by Gasteiger charge is -2.18. The number of benzene rings is 2. The molecule has 126 valence electrons. The summed E-state index contributed by atoms with van der Waals surface area (Å²) in [5.41, 5.74) is 8.63. The number of halogens is 1. The molecule has 3 aromatic rings. The van der Waals surface area contributed by atoms with Gasteiger partial charge in [0.15, 0.2) is 5.82 Å². The second kappa shape index (κ2) is 6.82. The molecule has 1 saturated heterocycles. The van der Waals surface area contributed by atoms with Crippen LogP contribution < -0.4 is 10.6 Å². The number of nitrogens with zero attached hydrogens (tertiary/aromatic N) is 3. The van der Waals surface area contributed by atoms with Crippen molar-refractivity contribution >= 4 is 17.4 Å². The Kier molecular flexibility index (Phi) is 4.38. The minimum atomic E-state index is 0.0660. The number of hydrogen-bond acceptors (Lipinski definition) is 4. The molecule has 0 bridgehead atoms. The fraction of sp³-hybridized carbons (Fsp3) is 0.200. The van der Waals surface area contributed by atoms with E-state index in [1.165, 1.54) is 5.56 Å². The van der Waals surface area contributed by atoms with Gasteiger partial charge in [-0.3, -0.25) is 0 Å². The van der Waals surface area contributed by atoms with E-state index < -0.39 is 0 Å². The highest BCUT2D eigenvalue weighted by Crippen LogP contribution is 2.31. The predicted octanol–water partition coefficient (Wildman–Crippen LogP) is 3.73. The zero-order chi connectivity index (χ0) is 17.2. The molecule has 25 heavy (non-hydrogen) atoms. The molecular formula is C20H19ClN4. The van der Waals surface area contributed by atoms with Crippen LogP contribution in [-0.2, 0) is 0 Å². The highest BCUT2D eigenvalue weighted by atomic mass is 35.5. The van der Waals surface area contributed by atoms with Crippen LogP contribution in [0.2, 0.25) is 5.15 Å². The molecule has 4 rings (SSSR count). The van der Waals surface area contributed by atoms with Crippen LogP contribution in [0.5, 0.6) is 0 Å². The van der Waals surface area contributed by atoms with E-state index in [4.69, 9.17) is 22.3 Å². The van der Waals surface area contributed by atoms with Crippen molar-refractivity contribution in [3.63, 3.8) is 0 Å². The Balaban J connectivity index is 1.63. The third-order valence-electron chi connectivity index (χ3n) is 4.63. The summed E-state index contributed by atoms with van der Waals surface area (Å²) >= 11 is 6.26. The van der Waals surface area contributed by atoms with Gasteiger partial charge in [0.1, 0.15) is 11.0 Å². The molecule has 0 radical (unpaired) electrons. The van der Waals surface area contributed by atoms with Crippen LogP contribution in [0, 0.1) is 0 Å². The van der Waals surface area contributed by atoms with Crippen molar-refractivity contribution < 1.29 is 0 Å². The Morgan fingerprint density at radius 1 is 0.920 bits per heavy atom. The van der Waals surface area contributed by atoms with Gasteiger partial charge in [0.2, 0.25) is 0 Å². The minimum absolute atomic E-state index is 0.0660. The summed E-state index contributed by atoms with van der Waals surface area (Å²) in [5.74, 6) is 1.75. The number of hydrogen-bond donors (Lipinski definition) is 1. The standard InChI is InChI=1S/C20H19ClN4/c21-18-11-19(24-20(23-18)15-9-5-2-6-10-15)25-12-16(17(22)13-25)14-7-3-1-4-8-14/h1-11,16-17H,12-13,22H2/t16-,17+/m1/s1. The lowest BCUT2D eigenvalue weighted by atomic mass is 9.95. The first-order valence-electron chi connectivity index (χ1n) is 8.36. The van der Waals surface area contributed by atoms with E-state index in [1.807, 2.05) is 42.5 Å². The maximum atomic E-state index is 6.41. The third kappa shape index (κ3) is 3.36. The smallest absolute Gasteiger partial charge is 0.163 e. The molecular weight excluding hydrogens is 332 g/mol. The summed E-state index contributed by atoms with van der Waals surface area (Å²) < 4.78 is 0. The molecule has 0 saturated carbocycles. The maximum Gasteiger partial charge on any atom is 0.163 e. The highest BCUT2D eigenvalue weighted by Gasteiger charge is 2.32. The second-order valence-electron chi connectivity index (χ2n) is 6.32. The van der Waals surface area contributed by atoms with Gasteiger partial charge >= 0.3 is 0 Å². The van der Waals surface area contributed by atoms with Crippen molar-refractivity contribution in [1.82, 2.24) is 9.97 Å². The van der Waals surface area contributed by atoms with Gasteiger partial charge in [0.25, 0.3) is 0 Å². The van der Waals surface area contributed by atoms with Gasteiger partial charge in [-0.25, -0.2) is 9.97 Å². The molecule has 1 aromatic heterocycles. The van der Waals surface area contributed by atoms with Crippen molar-refractivity contribution in [2.45, 2.75) is 12.0 Å². The number of aromatic nitrogens is 2. The van der Waals surface area contributed by atoms with Gasteiger partial charge in [-0.1, -0.05) is 72.3 Å². The van der Waals surface area contributed by atoms with Crippen LogP contribution in [0.1, 0.15) is 11.5 Å². The van der Waals surface area contributed by atoms with Crippen LogP contribution in [0.4, 0.5) is 5.82 Å². The van der Waals surface area contributed by atoms with E-state index in [9.17, 15) is 0 Å². The summed E-state index contributed by atoms with van der Waals surface area (Å²) in [5, 5.41) is 0.445. The molecule has 2 heterocycles. The first-order valence-corrected chi connectivity index (χ1v) is 8.74. The Labute approximate surface area is 152 Å². The normalized spacial score (nSPS) is 20.0. The Morgan fingerprint density at radius 3 is 2.32 bits per heavy atom. The van der Waals surface area contributed by atoms with Gasteiger partial charge in [-0.2, -0.15) is 0 Å². The zero-order valence-corrected chi connectivity index (χ0v) is 14.5. The number of nitrogens with two attached hydrogens (primary N) is 1. The topological polar surface area (TPSA) is 55.0 Å². The first kappa shape index (κ1) is 16.1. The largest absolute Gasteiger partial charge is 0.354 e. The molecule has 0 amide bonds. The molecule has 1 fully saturated rings. The SMILES string of the molecule is N[C@H]1CN(c2cc(Cl)nc(-c3ccccc3)n2)C[C@@H]1c1ccccc1. The van der Waals surface area contributed by atoms with E-state index >= 15 is 0 Å². The van der Waals surface area contributed by atoms with Crippen molar-refractivity contribution in [2.24, 2.45) is 5.73 Å². The fourth-order valence-corrected chi connectivity index (χ4v) is 3.53. The van der Waals surface area contributed by atoms with E-state index in [0.717, 1.165) is 24.5 Å². The lowest BCUT2D eigenvalue weighted by molar-refractivity contribution is 0.653. The lowest BCUT2D eigenvalue weighted by Crippen LogP contribution is -2.29. The molecule has 2 aromatic carbocycles. The Hall–Kier alpha value is -2.43. The molecule has 2 atom stereocenters. The van der Waals surface area contributed by atoms with Gasteiger partial charge in [-0.05, 0) is 5.56 Å². The van der Waals surface area contributed by atoms with E-state index in [0.29, 0.717) is 11.0 Å². The summed E-state index contributed by atoms with van der Waals surface area (Å²) in [6.07, 6.45) is 0. The van der Waals surface area contributed by atoms with Crippen LogP contribution in [0.15, 0.2) is 66.7 Å². The molecule has 4 nitrogen and oxygen atoms in total. The Bertz CT molecular complexity index is 854. The van der Waals surface area contributed by atoms with Crippen molar-refractivity contribution in [2.75, 3.05) is 18.0 Å². The fourth-order valence-electron chi connectivity index (χ4n) is 3.35. The maximum absolute atomic E-state index is 6.41. The third-order valence-corrected chi connectivity index (χ3v) is 4.82. The minimum Gasteiger partial charge on any atom is -0.354 e. The van der Waals surface area contributed by atoms with Crippen LogP contribution in [-0.4, -0.2) is 29.1 Å².